The van der Waals surface area contributed by atoms with Crippen LogP contribution in [0.3, 0.4) is 0 Å². The summed E-state index contributed by atoms with van der Waals surface area (Å²) < 4.78 is 43.4. The van der Waals surface area contributed by atoms with Crippen LogP contribution < -0.4 is 10.5 Å². The number of hydrogen-bond acceptors (Lipinski definition) is 3. The molecular weight excluding hydrogens is 347 g/mol. The van der Waals surface area contributed by atoms with Crippen LogP contribution in [0, 0.1) is 0 Å². The summed E-state index contributed by atoms with van der Waals surface area (Å²) in [6, 6.07) is 10.1. The van der Waals surface area contributed by atoms with Gasteiger partial charge in [0.1, 0.15) is 11.5 Å². The highest BCUT2D eigenvalue weighted by Gasteiger charge is 2.30. The van der Waals surface area contributed by atoms with Gasteiger partial charge in [0.05, 0.1) is 12.0 Å². The second kappa shape index (κ2) is 8.03. The molecule has 1 atom stereocenters. The Bertz CT molecular complexity index is 707. The van der Waals surface area contributed by atoms with Gasteiger partial charge in [0.15, 0.2) is 0 Å². The first-order chi connectivity index (χ1) is 10.8. The molecule has 8 heteroatoms. The summed E-state index contributed by atoms with van der Waals surface area (Å²) in [5.41, 5.74) is 5.47. The van der Waals surface area contributed by atoms with Crippen molar-refractivity contribution in [2.75, 3.05) is 0 Å². The molecule has 0 aliphatic rings. The first kappa shape index (κ1) is 19.8. The van der Waals surface area contributed by atoms with Gasteiger partial charge in [0.2, 0.25) is 0 Å². The van der Waals surface area contributed by atoms with E-state index in [1.54, 1.807) is 18.2 Å². The van der Waals surface area contributed by atoms with E-state index in [4.69, 9.17) is 15.6 Å². The average molecular weight is 362 g/mol. The highest BCUT2D eigenvalue weighted by molar-refractivity contribution is 5.85. The average Bonchev–Trinajstić information content (AvgIpc) is 2.46. The Hall–Kier alpha value is -2.25. The van der Waals surface area contributed by atoms with Crippen LogP contribution in [0.25, 0.3) is 0 Å². The van der Waals surface area contributed by atoms with E-state index in [-0.39, 0.29) is 30.3 Å². The van der Waals surface area contributed by atoms with Crippen LogP contribution in [0.4, 0.5) is 13.2 Å². The third-order valence-electron chi connectivity index (χ3n) is 3.08. The Morgan fingerprint density at radius 1 is 1.12 bits per heavy atom. The van der Waals surface area contributed by atoms with Gasteiger partial charge >= 0.3 is 12.1 Å². The molecule has 0 unspecified atom stereocenters. The molecule has 0 radical (unpaired) electrons. The number of hydrogen-bond donors (Lipinski definition) is 2. The van der Waals surface area contributed by atoms with E-state index in [2.05, 4.69) is 0 Å². The molecule has 130 valence electrons. The van der Waals surface area contributed by atoms with Crippen molar-refractivity contribution in [3.05, 3.63) is 59.7 Å². The lowest BCUT2D eigenvalue weighted by Crippen LogP contribution is -2.14. The number of rotatable bonds is 5. The van der Waals surface area contributed by atoms with Gasteiger partial charge in [-0.1, -0.05) is 18.2 Å². The smallest absolute Gasteiger partial charge is 0.416 e. The number of nitrogens with two attached hydrogens (primary N) is 1. The normalized spacial score (nSPS) is 12.2. The SMILES string of the molecule is Cl.N[C@H](CC(=O)O)c1cccc(Oc2cccc(C(F)(F)F)c2)c1. The highest BCUT2D eigenvalue weighted by atomic mass is 35.5. The van der Waals surface area contributed by atoms with Crippen molar-refractivity contribution in [3.63, 3.8) is 0 Å². The van der Waals surface area contributed by atoms with E-state index in [9.17, 15) is 18.0 Å². The Morgan fingerprint density at radius 2 is 1.71 bits per heavy atom. The van der Waals surface area contributed by atoms with Crippen LogP contribution in [0.2, 0.25) is 0 Å². The molecule has 0 aliphatic carbocycles. The molecule has 0 spiro atoms. The fourth-order valence-electron chi connectivity index (χ4n) is 1.99. The zero-order chi connectivity index (χ0) is 17.0. The van der Waals surface area contributed by atoms with E-state index in [0.717, 1.165) is 12.1 Å². The van der Waals surface area contributed by atoms with Crippen LogP contribution >= 0.6 is 12.4 Å². The molecule has 0 fully saturated rings. The lowest BCUT2D eigenvalue weighted by molar-refractivity contribution is -0.138. The molecule has 0 amide bonds. The van der Waals surface area contributed by atoms with Crippen LogP contribution in [-0.4, -0.2) is 11.1 Å². The number of halogens is 4. The minimum Gasteiger partial charge on any atom is -0.481 e. The maximum Gasteiger partial charge on any atom is 0.416 e. The maximum atomic E-state index is 12.7. The van der Waals surface area contributed by atoms with Crippen molar-refractivity contribution in [1.29, 1.82) is 0 Å². The number of benzene rings is 2. The molecule has 24 heavy (non-hydrogen) atoms. The van der Waals surface area contributed by atoms with Gasteiger partial charge in [-0.25, -0.2) is 0 Å². The Labute approximate surface area is 142 Å². The molecule has 3 N–H and O–H groups in total. The number of alkyl halides is 3. The second-order valence-corrected chi connectivity index (χ2v) is 4.90. The quantitative estimate of drug-likeness (QED) is 0.828. The Balaban J connectivity index is 0.00000288. The lowest BCUT2D eigenvalue weighted by Gasteiger charge is -2.13. The first-order valence-electron chi connectivity index (χ1n) is 6.68. The number of carboxylic acids is 1. The van der Waals surface area contributed by atoms with Crippen molar-refractivity contribution in [1.82, 2.24) is 0 Å². The standard InChI is InChI=1S/C16H14F3NO3.ClH/c17-16(18,19)11-4-2-6-13(8-11)23-12-5-1-3-10(7-12)14(20)9-15(21)22;/h1-8,14H,9,20H2,(H,21,22);1H/t14-;/m1./s1. The van der Waals surface area contributed by atoms with Gasteiger partial charge in [-0.3, -0.25) is 4.79 Å². The summed E-state index contributed by atoms with van der Waals surface area (Å²) in [6.45, 7) is 0. The first-order valence-corrected chi connectivity index (χ1v) is 6.68. The number of carbonyl (C=O) groups is 1. The monoisotopic (exact) mass is 361 g/mol. The summed E-state index contributed by atoms with van der Waals surface area (Å²) in [5, 5.41) is 8.74. The van der Waals surface area contributed by atoms with Crippen LogP contribution in [-0.2, 0) is 11.0 Å². The molecule has 2 rings (SSSR count). The number of aliphatic carboxylic acids is 1. The van der Waals surface area contributed by atoms with Crippen LogP contribution in [0.15, 0.2) is 48.5 Å². The van der Waals surface area contributed by atoms with Gasteiger partial charge in [0, 0.05) is 6.04 Å². The van der Waals surface area contributed by atoms with Crippen molar-refractivity contribution in [3.8, 4) is 11.5 Å². The molecule has 0 heterocycles. The number of carboxylic acid groups (broad SMARTS) is 1. The van der Waals surface area contributed by atoms with Crippen molar-refractivity contribution in [2.24, 2.45) is 5.73 Å². The summed E-state index contributed by atoms with van der Waals surface area (Å²) in [5.74, 6) is -0.729. The third kappa shape index (κ3) is 5.43. The molecule has 2 aromatic rings. The molecule has 4 nitrogen and oxygen atoms in total. The predicted molar refractivity (Wildman–Crippen MR) is 84.4 cm³/mol. The Kier molecular flexibility index (Phi) is 6.62. The largest absolute Gasteiger partial charge is 0.481 e. The van der Waals surface area contributed by atoms with E-state index < -0.39 is 23.8 Å². The summed E-state index contributed by atoms with van der Waals surface area (Å²) in [4.78, 5) is 10.7. The van der Waals surface area contributed by atoms with Gasteiger partial charge in [0.25, 0.3) is 0 Å². The van der Waals surface area contributed by atoms with Gasteiger partial charge in [-0.15, -0.1) is 12.4 Å². The molecule has 0 saturated heterocycles. The molecule has 2 aromatic carbocycles. The summed E-state index contributed by atoms with van der Waals surface area (Å²) in [7, 11) is 0. The van der Waals surface area contributed by atoms with Crippen molar-refractivity contribution < 1.29 is 27.8 Å². The van der Waals surface area contributed by atoms with Gasteiger partial charge in [-0.05, 0) is 35.9 Å². The lowest BCUT2D eigenvalue weighted by atomic mass is 10.0. The topological polar surface area (TPSA) is 72.6 Å². The summed E-state index contributed by atoms with van der Waals surface area (Å²) >= 11 is 0. The maximum absolute atomic E-state index is 12.7. The highest BCUT2D eigenvalue weighted by Crippen LogP contribution is 2.33. The minimum atomic E-state index is -4.45. The van der Waals surface area contributed by atoms with Gasteiger partial charge in [-0.2, -0.15) is 13.2 Å². The van der Waals surface area contributed by atoms with Crippen LogP contribution in [0.1, 0.15) is 23.6 Å². The fraction of sp³-hybridized carbons (Fsp3) is 0.188. The zero-order valence-corrected chi connectivity index (χ0v) is 13.1. The van der Waals surface area contributed by atoms with E-state index in [1.807, 2.05) is 0 Å². The molecule has 0 aliphatic heterocycles. The Morgan fingerprint density at radius 3 is 2.29 bits per heavy atom. The number of ether oxygens (including phenoxy) is 1. The molecular formula is C16H15ClF3NO3. The predicted octanol–water partition coefficient (Wildman–Crippen LogP) is 4.39. The minimum absolute atomic E-state index is 0. The molecule has 0 bridgehead atoms. The second-order valence-electron chi connectivity index (χ2n) is 4.90. The van der Waals surface area contributed by atoms with E-state index in [1.165, 1.54) is 18.2 Å². The van der Waals surface area contributed by atoms with Crippen molar-refractivity contribution >= 4 is 18.4 Å². The molecule has 0 aromatic heterocycles. The van der Waals surface area contributed by atoms with E-state index in [0.29, 0.717) is 5.56 Å². The van der Waals surface area contributed by atoms with E-state index >= 15 is 0 Å². The van der Waals surface area contributed by atoms with Gasteiger partial charge < -0.3 is 15.6 Å². The van der Waals surface area contributed by atoms with Crippen molar-refractivity contribution in [2.45, 2.75) is 18.6 Å². The van der Waals surface area contributed by atoms with Crippen LogP contribution in [0.5, 0.6) is 11.5 Å². The zero-order valence-electron chi connectivity index (χ0n) is 12.3. The summed E-state index contributed by atoms with van der Waals surface area (Å²) in [6.07, 6.45) is -4.71. The fourth-order valence-corrected chi connectivity index (χ4v) is 1.99. The molecule has 0 saturated carbocycles. The third-order valence-corrected chi connectivity index (χ3v) is 3.08.